The zero-order chi connectivity index (χ0) is 17.5. The first-order chi connectivity index (χ1) is 12.2. The number of nitrogens with zero attached hydrogens (tertiary/aromatic N) is 1. The quantitative estimate of drug-likeness (QED) is 0.680. The minimum atomic E-state index is -0.223. The summed E-state index contributed by atoms with van der Waals surface area (Å²) < 4.78 is 0. The van der Waals surface area contributed by atoms with Gasteiger partial charge >= 0.3 is 0 Å². The molecule has 0 aliphatic rings. The minimum Gasteiger partial charge on any atom is -0.383 e. The van der Waals surface area contributed by atoms with E-state index in [1.165, 1.54) is 5.56 Å². The second-order valence-electron chi connectivity index (χ2n) is 5.56. The Hall–Kier alpha value is -2.85. The molecule has 5 heteroatoms. The molecule has 3 aromatic rings. The summed E-state index contributed by atoms with van der Waals surface area (Å²) in [6.45, 7) is 0.777. The molecule has 0 fully saturated rings. The maximum atomic E-state index is 12.1. The number of aromatic nitrogens is 1. The zero-order valence-corrected chi connectivity index (χ0v) is 14.3. The molecule has 0 unspecified atom stereocenters. The first-order valence-electron chi connectivity index (χ1n) is 8.01. The van der Waals surface area contributed by atoms with Gasteiger partial charge in [-0.25, -0.2) is 4.98 Å². The van der Waals surface area contributed by atoms with Crippen LogP contribution in [-0.4, -0.2) is 17.4 Å². The van der Waals surface area contributed by atoms with Crippen LogP contribution in [0.5, 0.6) is 0 Å². The number of nitrogens with one attached hydrogen (secondary N) is 2. The highest BCUT2D eigenvalue weighted by Crippen LogP contribution is 2.12. The predicted molar refractivity (Wildman–Crippen MR) is 102 cm³/mol. The van der Waals surface area contributed by atoms with Crippen LogP contribution in [0.15, 0.2) is 72.9 Å². The van der Waals surface area contributed by atoms with E-state index in [1.807, 2.05) is 60.7 Å². The number of rotatable bonds is 6. The molecule has 0 saturated carbocycles. The normalized spacial score (nSPS) is 10.3. The summed E-state index contributed by atoms with van der Waals surface area (Å²) in [4.78, 5) is 16.4. The SMILES string of the molecule is O=C(Nc1ccccc1)c1ccc(NCCc2ccc(Cl)cc2)cn1. The Morgan fingerprint density at radius 2 is 1.68 bits per heavy atom. The van der Waals surface area contributed by atoms with E-state index in [2.05, 4.69) is 15.6 Å². The van der Waals surface area contributed by atoms with Crippen LogP contribution < -0.4 is 10.6 Å². The van der Waals surface area contributed by atoms with E-state index in [4.69, 9.17) is 11.6 Å². The lowest BCUT2D eigenvalue weighted by atomic mass is 10.1. The molecule has 2 aromatic carbocycles. The molecule has 25 heavy (non-hydrogen) atoms. The number of carbonyl (C=O) groups is 1. The Labute approximate surface area is 151 Å². The molecule has 0 aliphatic heterocycles. The fraction of sp³-hybridized carbons (Fsp3) is 0.100. The molecular formula is C20H18ClN3O. The molecule has 0 bridgehead atoms. The van der Waals surface area contributed by atoms with E-state index < -0.39 is 0 Å². The third-order valence-corrected chi connectivity index (χ3v) is 3.94. The van der Waals surface area contributed by atoms with Crippen molar-refractivity contribution in [1.29, 1.82) is 0 Å². The van der Waals surface area contributed by atoms with Crippen molar-refractivity contribution in [1.82, 2.24) is 4.98 Å². The maximum absolute atomic E-state index is 12.1. The van der Waals surface area contributed by atoms with Crippen LogP contribution in [0.25, 0.3) is 0 Å². The van der Waals surface area contributed by atoms with E-state index in [0.717, 1.165) is 29.4 Å². The summed E-state index contributed by atoms with van der Waals surface area (Å²) in [5, 5.41) is 6.85. The lowest BCUT2D eigenvalue weighted by Gasteiger charge is -2.08. The van der Waals surface area contributed by atoms with Crippen LogP contribution in [0.3, 0.4) is 0 Å². The van der Waals surface area contributed by atoms with Gasteiger partial charge in [0.15, 0.2) is 0 Å². The monoisotopic (exact) mass is 351 g/mol. The highest BCUT2D eigenvalue weighted by atomic mass is 35.5. The number of pyridine rings is 1. The fourth-order valence-electron chi connectivity index (χ4n) is 2.35. The third kappa shape index (κ3) is 5.06. The lowest BCUT2D eigenvalue weighted by Crippen LogP contribution is -2.13. The molecule has 4 nitrogen and oxygen atoms in total. The van der Waals surface area contributed by atoms with Gasteiger partial charge in [0.2, 0.25) is 0 Å². The van der Waals surface area contributed by atoms with Crippen LogP contribution >= 0.6 is 11.6 Å². The summed E-state index contributed by atoms with van der Waals surface area (Å²) in [6, 6.07) is 20.7. The highest BCUT2D eigenvalue weighted by molar-refractivity contribution is 6.30. The van der Waals surface area contributed by atoms with E-state index in [9.17, 15) is 4.79 Å². The molecule has 0 atom stereocenters. The van der Waals surface area contributed by atoms with Crippen molar-refractivity contribution in [2.75, 3.05) is 17.2 Å². The van der Waals surface area contributed by atoms with Gasteiger partial charge in [-0.3, -0.25) is 4.79 Å². The second kappa shape index (κ2) is 8.31. The molecule has 0 saturated heterocycles. The van der Waals surface area contributed by atoms with Gasteiger partial charge in [0.1, 0.15) is 5.69 Å². The van der Waals surface area contributed by atoms with E-state index >= 15 is 0 Å². The number of benzene rings is 2. The number of carbonyl (C=O) groups excluding carboxylic acids is 1. The van der Waals surface area contributed by atoms with Gasteiger partial charge in [-0.05, 0) is 48.4 Å². The summed E-state index contributed by atoms with van der Waals surface area (Å²) in [5.41, 5.74) is 3.22. The Bertz CT molecular complexity index is 818. The van der Waals surface area contributed by atoms with Gasteiger partial charge in [-0.2, -0.15) is 0 Å². The van der Waals surface area contributed by atoms with E-state index in [1.54, 1.807) is 12.3 Å². The zero-order valence-electron chi connectivity index (χ0n) is 13.6. The summed E-state index contributed by atoms with van der Waals surface area (Å²) in [6.07, 6.45) is 2.55. The molecule has 0 spiro atoms. The fourth-order valence-corrected chi connectivity index (χ4v) is 2.48. The van der Waals surface area contributed by atoms with Gasteiger partial charge in [0.25, 0.3) is 5.91 Å². The number of halogens is 1. The predicted octanol–water partition coefficient (Wildman–Crippen LogP) is 4.64. The standard InChI is InChI=1S/C20H18ClN3O/c21-16-8-6-15(7-9-16)12-13-22-18-10-11-19(23-14-18)20(25)24-17-4-2-1-3-5-17/h1-11,14,22H,12-13H2,(H,24,25). The minimum absolute atomic E-state index is 0.223. The summed E-state index contributed by atoms with van der Waals surface area (Å²) >= 11 is 5.88. The molecule has 1 aromatic heterocycles. The topological polar surface area (TPSA) is 54.0 Å². The van der Waals surface area contributed by atoms with Crippen molar-refractivity contribution < 1.29 is 4.79 Å². The lowest BCUT2D eigenvalue weighted by molar-refractivity contribution is 0.102. The van der Waals surface area contributed by atoms with Gasteiger partial charge in [-0.1, -0.05) is 41.9 Å². The van der Waals surface area contributed by atoms with Crippen molar-refractivity contribution in [3.8, 4) is 0 Å². The largest absolute Gasteiger partial charge is 0.383 e. The van der Waals surface area contributed by atoms with Gasteiger partial charge in [-0.15, -0.1) is 0 Å². The Morgan fingerprint density at radius 3 is 2.36 bits per heavy atom. The number of anilines is 2. The van der Waals surface area contributed by atoms with Crippen molar-refractivity contribution in [3.05, 3.63) is 89.2 Å². The Kier molecular flexibility index (Phi) is 5.65. The van der Waals surface area contributed by atoms with Crippen molar-refractivity contribution in [2.45, 2.75) is 6.42 Å². The highest BCUT2D eigenvalue weighted by Gasteiger charge is 2.07. The van der Waals surface area contributed by atoms with Crippen molar-refractivity contribution in [3.63, 3.8) is 0 Å². The molecule has 3 rings (SSSR count). The van der Waals surface area contributed by atoms with Crippen LogP contribution in [0.4, 0.5) is 11.4 Å². The van der Waals surface area contributed by atoms with Crippen LogP contribution in [0.1, 0.15) is 16.1 Å². The molecule has 0 aliphatic carbocycles. The molecule has 1 amide bonds. The number of amides is 1. The molecule has 2 N–H and O–H groups in total. The number of hydrogen-bond donors (Lipinski definition) is 2. The van der Waals surface area contributed by atoms with E-state index in [-0.39, 0.29) is 5.91 Å². The molecule has 126 valence electrons. The van der Waals surface area contributed by atoms with Crippen molar-refractivity contribution >= 4 is 28.9 Å². The first kappa shape index (κ1) is 17.0. The first-order valence-corrected chi connectivity index (χ1v) is 8.39. The van der Waals surface area contributed by atoms with Crippen LogP contribution in [-0.2, 0) is 6.42 Å². The molecule has 0 radical (unpaired) electrons. The van der Waals surface area contributed by atoms with E-state index in [0.29, 0.717) is 5.69 Å². The Balaban J connectivity index is 1.51. The third-order valence-electron chi connectivity index (χ3n) is 3.68. The molecular weight excluding hydrogens is 334 g/mol. The van der Waals surface area contributed by atoms with Gasteiger partial charge in [0.05, 0.1) is 11.9 Å². The summed E-state index contributed by atoms with van der Waals surface area (Å²) in [5.74, 6) is -0.223. The van der Waals surface area contributed by atoms with Crippen molar-refractivity contribution in [2.24, 2.45) is 0 Å². The number of para-hydroxylation sites is 1. The van der Waals surface area contributed by atoms with Gasteiger partial charge in [0, 0.05) is 17.3 Å². The van der Waals surface area contributed by atoms with Gasteiger partial charge < -0.3 is 10.6 Å². The average molecular weight is 352 g/mol. The number of hydrogen-bond acceptors (Lipinski definition) is 3. The van der Waals surface area contributed by atoms with Crippen LogP contribution in [0.2, 0.25) is 5.02 Å². The smallest absolute Gasteiger partial charge is 0.274 e. The second-order valence-corrected chi connectivity index (χ2v) is 5.99. The molecule has 1 heterocycles. The van der Waals surface area contributed by atoms with Crippen LogP contribution in [0, 0.1) is 0 Å². The summed E-state index contributed by atoms with van der Waals surface area (Å²) in [7, 11) is 0. The Morgan fingerprint density at radius 1 is 0.920 bits per heavy atom. The maximum Gasteiger partial charge on any atom is 0.274 e. The average Bonchev–Trinajstić information content (AvgIpc) is 2.65.